The third-order valence-electron chi connectivity index (χ3n) is 3.42. The maximum Gasteiger partial charge on any atom is 0.128 e. The molecule has 3 rings (SSSR count). The van der Waals surface area contributed by atoms with E-state index in [0.29, 0.717) is 12.1 Å². The van der Waals surface area contributed by atoms with Crippen LogP contribution in [-0.2, 0) is 13.6 Å². The Morgan fingerprint density at radius 2 is 2.10 bits per heavy atom. The van der Waals surface area contributed by atoms with Gasteiger partial charge in [-0.1, -0.05) is 28.1 Å². The van der Waals surface area contributed by atoms with Crippen LogP contribution in [0.3, 0.4) is 0 Å². The van der Waals surface area contributed by atoms with Gasteiger partial charge in [0.25, 0.3) is 0 Å². The van der Waals surface area contributed by atoms with Gasteiger partial charge in [0.05, 0.1) is 28.8 Å². The number of nitrogens with zero attached hydrogens (tertiary/aromatic N) is 3. The predicted molar refractivity (Wildman–Crippen MR) is 86.9 cm³/mol. The van der Waals surface area contributed by atoms with Gasteiger partial charge in [-0.25, -0.2) is 4.98 Å². The summed E-state index contributed by atoms with van der Waals surface area (Å²) in [6.07, 6.45) is 0. The molecule has 0 spiro atoms. The molecule has 5 heteroatoms. The van der Waals surface area contributed by atoms with E-state index in [-0.39, 0.29) is 0 Å². The van der Waals surface area contributed by atoms with Crippen LogP contribution in [-0.4, -0.2) is 9.55 Å². The molecule has 0 amide bonds. The maximum atomic E-state index is 9.18. The van der Waals surface area contributed by atoms with Gasteiger partial charge in [-0.2, -0.15) is 5.26 Å². The molecule has 0 saturated carbocycles. The van der Waals surface area contributed by atoms with Crippen LogP contribution < -0.4 is 5.32 Å². The zero-order valence-electron chi connectivity index (χ0n) is 11.5. The summed E-state index contributed by atoms with van der Waals surface area (Å²) < 4.78 is 2.96. The summed E-state index contributed by atoms with van der Waals surface area (Å²) in [5.41, 5.74) is 3.51. The maximum absolute atomic E-state index is 9.18. The third kappa shape index (κ3) is 2.63. The Balaban J connectivity index is 1.87. The summed E-state index contributed by atoms with van der Waals surface area (Å²) in [6.45, 7) is 0.571. The minimum Gasteiger partial charge on any atom is -0.377 e. The lowest BCUT2D eigenvalue weighted by Gasteiger charge is -2.08. The molecule has 0 bridgehead atoms. The zero-order valence-corrected chi connectivity index (χ0v) is 13.1. The number of rotatable bonds is 3. The van der Waals surface area contributed by atoms with Crippen molar-refractivity contribution in [1.82, 2.24) is 9.55 Å². The van der Waals surface area contributed by atoms with Gasteiger partial charge in [0, 0.05) is 11.5 Å². The topological polar surface area (TPSA) is 53.6 Å². The number of aryl methyl sites for hydroxylation is 1. The fraction of sp³-hybridized carbons (Fsp3) is 0.125. The highest BCUT2D eigenvalue weighted by atomic mass is 79.9. The van der Waals surface area contributed by atoms with E-state index in [1.807, 2.05) is 43.4 Å². The molecular formula is C16H13BrN4. The van der Waals surface area contributed by atoms with Crippen molar-refractivity contribution in [3.63, 3.8) is 0 Å². The first-order valence-electron chi connectivity index (χ1n) is 6.53. The number of anilines is 1. The van der Waals surface area contributed by atoms with Crippen LogP contribution in [0.25, 0.3) is 11.0 Å². The van der Waals surface area contributed by atoms with Crippen LogP contribution in [0, 0.1) is 11.3 Å². The van der Waals surface area contributed by atoms with E-state index in [9.17, 15) is 5.26 Å². The van der Waals surface area contributed by atoms with Crippen molar-refractivity contribution in [1.29, 1.82) is 5.26 Å². The highest BCUT2D eigenvalue weighted by Crippen LogP contribution is 2.21. The van der Waals surface area contributed by atoms with E-state index in [1.54, 1.807) is 6.07 Å². The molecule has 104 valence electrons. The van der Waals surface area contributed by atoms with E-state index in [1.165, 1.54) is 0 Å². The van der Waals surface area contributed by atoms with E-state index >= 15 is 0 Å². The van der Waals surface area contributed by atoms with Crippen molar-refractivity contribution in [2.45, 2.75) is 6.54 Å². The molecule has 0 aliphatic rings. The zero-order chi connectivity index (χ0) is 14.8. The summed E-state index contributed by atoms with van der Waals surface area (Å²) in [7, 11) is 2.00. The van der Waals surface area contributed by atoms with Crippen molar-refractivity contribution < 1.29 is 0 Å². The molecule has 0 atom stereocenters. The van der Waals surface area contributed by atoms with Gasteiger partial charge in [0.2, 0.25) is 0 Å². The fourth-order valence-electron chi connectivity index (χ4n) is 2.29. The average molecular weight is 341 g/mol. The second-order valence-corrected chi connectivity index (χ2v) is 5.65. The Kier molecular flexibility index (Phi) is 3.63. The second kappa shape index (κ2) is 5.58. The highest BCUT2D eigenvalue weighted by Gasteiger charge is 2.08. The Hall–Kier alpha value is -2.32. The second-order valence-electron chi connectivity index (χ2n) is 4.73. The van der Waals surface area contributed by atoms with Crippen molar-refractivity contribution in [2.75, 3.05) is 5.32 Å². The van der Waals surface area contributed by atoms with E-state index in [0.717, 1.165) is 27.0 Å². The average Bonchev–Trinajstić information content (AvgIpc) is 2.83. The normalized spacial score (nSPS) is 10.5. The molecule has 0 fully saturated rings. The largest absolute Gasteiger partial charge is 0.377 e. The van der Waals surface area contributed by atoms with Crippen LogP contribution >= 0.6 is 15.9 Å². The number of nitrogens with one attached hydrogen (secondary N) is 1. The minimum absolute atomic E-state index is 0.571. The van der Waals surface area contributed by atoms with Gasteiger partial charge in [-0.15, -0.1) is 0 Å². The molecule has 0 aliphatic carbocycles. The summed E-state index contributed by atoms with van der Waals surface area (Å²) in [6, 6.07) is 15.8. The van der Waals surface area contributed by atoms with Crippen molar-refractivity contribution >= 4 is 32.7 Å². The molecule has 0 aliphatic heterocycles. The molecule has 2 aromatic carbocycles. The highest BCUT2D eigenvalue weighted by molar-refractivity contribution is 9.10. The Morgan fingerprint density at radius 3 is 2.86 bits per heavy atom. The molecule has 1 N–H and O–H groups in total. The number of nitriles is 1. The number of hydrogen-bond donors (Lipinski definition) is 1. The van der Waals surface area contributed by atoms with Crippen LogP contribution in [0.4, 0.5) is 5.69 Å². The monoisotopic (exact) mass is 340 g/mol. The Bertz CT molecular complexity index is 845. The van der Waals surface area contributed by atoms with Crippen LogP contribution in [0.2, 0.25) is 0 Å². The van der Waals surface area contributed by atoms with Gasteiger partial charge in [0.1, 0.15) is 11.9 Å². The summed E-state index contributed by atoms with van der Waals surface area (Å²) in [5.74, 6) is 0.933. The summed E-state index contributed by atoms with van der Waals surface area (Å²) in [5, 5.41) is 12.5. The minimum atomic E-state index is 0.571. The first-order chi connectivity index (χ1) is 10.2. The van der Waals surface area contributed by atoms with Gasteiger partial charge >= 0.3 is 0 Å². The molecule has 1 heterocycles. The third-order valence-corrected chi connectivity index (χ3v) is 3.91. The molecule has 3 aromatic rings. The number of imidazole rings is 1. The van der Waals surface area contributed by atoms with Crippen LogP contribution in [0.1, 0.15) is 11.4 Å². The molecule has 0 saturated heterocycles. The number of hydrogen-bond acceptors (Lipinski definition) is 3. The molecule has 21 heavy (non-hydrogen) atoms. The van der Waals surface area contributed by atoms with Crippen molar-refractivity contribution in [3.05, 3.63) is 58.3 Å². The van der Waals surface area contributed by atoms with E-state index in [2.05, 4.69) is 36.9 Å². The fourth-order valence-corrected chi connectivity index (χ4v) is 2.65. The van der Waals surface area contributed by atoms with E-state index < -0.39 is 0 Å². The number of benzene rings is 2. The molecule has 4 nitrogen and oxygen atoms in total. The van der Waals surface area contributed by atoms with Crippen molar-refractivity contribution in [2.24, 2.45) is 7.05 Å². The number of halogens is 1. The Labute approximate surface area is 131 Å². The van der Waals surface area contributed by atoms with Gasteiger partial charge < -0.3 is 9.88 Å². The first kappa shape index (κ1) is 13.7. The lowest BCUT2D eigenvalue weighted by Crippen LogP contribution is -2.06. The summed E-state index contributed by atoms with van der Waals surface area (Å²) >= 11 is 3.37. The quantitative estimate of drug-likeness (QED) is 0.788. The van der Waals surface area contributed by atoms with E-state index in [4.69, 9.17) is 0 Å². The number of fused-ring (bicyclic) bond motifs is 1. The number of aromatic nitrogens is 2. The molecule has 0 unspecified atom stereocenters. The SMILES string of the molecule is Cn1c(CNc2ccc(Br)cc2C#N)nc2ccccc21. The molecule has 0 radical (unpaired) electrons. The number of para-hydroxylation sites is 2. The van der Waals surface area contributed by atoms with Gasteiger partial charge in [-0.3, -0.25) is 0 Å². The molecule has 1 aromatic heterocycles. The smallest absolute Gasteiger partial charge is 0.128 e. The van der Waals surface area contributed by atoms with Gasteiger partial charge in [-0.05, 0) is 30.3 Å². The predicted octanol–water partition coefficient (Wildman–Crippen LogP) is 3.82. The lowest BCUT2D eigenvalue weighted by molar-refractivity contribution is 0.834. The standard InChI is InChI=1S/C16H13BrN4/c1-21-15-5-3-2-4-14(15)20-16(21)10-19-13-7-6-12(17)8-11(13)9-18/h2-8,19H,10H2,1H3. The first-order valence-corrected chi connectivity index (χ1v) is 7.32. The van der Waals surface area contributed by atoms with Gasteiger partial charge in [0.15, 0.2) is 0 Å². The summed E-state index contributed by atoms with van der Waals surface area (Å²) in [4.78, 5) is 4.61. The van der Waals surface area contributed by atoms with Crippen LogP contribution in [0.15, 0.2) is 46.9 Å². The molecular weight excluding hydrogens is 328 g/mol. The lowest BCUT2D eigenvalue weighted by atomic mass is 10.2. The van der Waals surface area contributed by atoms with Crippen molar-refractivity contribution in [3.8, 4) is 6.07 Å². The Morgan fingerprint density at radius 1 is 1.29 bits per heavy atom. The van der Waals surface area contributed by atoms with Crippen LogP contribution in [0.5, 0.6) is 0 Å².